The van der Waals surface area contributed by atoms with Crippen LogP contribution in [-0.2, 0) is 4.79 Å². The first-order chi connectivity index (χ1) is 7.25. The molecule has 0 saturated carbocycles. The topological polar surface area (TPSA) is 32.3 Å². The number of nitrogens with zero attached hydrogens (tertiary/aromatic N) is 1. The Morgan fingerprint density at radius 1 is 1.40 bits per heavy atom. The van der Waals surface area contributed by atoms with Crippen molar-refractivity contribution in [3.05, 3.63) is 29.8 Å². The van der Waals surface area contributed by atoms with E-state index in [9.17, 15) is 4.79 Å². The van der Waals surface area contributed by atoms with Gasteiger partial charge in [-0.1, -0.05) is 18.2 Å². The largest absolute Gasteiger partial charge is 0.309 e. The molecule has 2 atom stereocenters. The van der Waals surface area contributed by atoms with E-state index in [-0.39, 0.29) is 11.9 Å². The fourth-order valence-corrected chi connectivity index (χ4v) is 2.43. The molecule has 1 amide bonds. The van der Waals surface area contributed by atoms with Crippen LogP contribution in [0, 0.1) is 6.92 Å². The van der Waals surface area contributed by atoms with Gasteiger partial charge in [-0.3, -0.25) is 4.79 Å². The maximum absolute atomic E-state index is 12.0. The highest BCUT2D eigenvalue weighted by atomic mass is 16.2. The zero-order valence-corrected chi connectivity index (χ0v) is 8.73. The van der Waals surface area contributed by atoms with Crippen molar-refractivity contribution in [1.29, 1.82) is 0 Å². The van der Waals surface area contributed by atoms with Gasteiger partial charge in [0.05, 0.1) is 6.04 Å². The quantitative estimate of drug-likeness (QED) is 0.739. The van der Waals surface area contributed by atoms with Crippen molar-refractivity contribution in [3.63, 3.8) is 0 Å². The van der Waals surface area contributed by atoms with Gasteiger partial charge in [0.25, 0.3) is 0 Å². The molecule has 3 aliphatic rings. The van der Waals surface area contributed by atoms with Gasteiger partial charge in [-0.15, -0.1) is 0 Å². The predicted octanol–water partition coefficient (Wildman–Crippen LogP) is 1.07. The molecule has 3 aliphatic heterocycles. The van der Waals surface area contributed by atoms with Gasteiger partial charge in [-0.25, -0.2) is 0 Å². The molecule has 3 heterocycles. The van der Waals surface area contributed by atoms with Crippen LogP contribution in [0.15, 0.2) is 24.3 Å². The molecule has 15 heavy (non-hydrogen) atoms. The molecule has 2 unspecified atom stereocenters. The van der Waals surface area contributed by atoms with Gasteiger partial charge in [0, 0.05) is 18.3 Å². The van der Waals surface area contributed by atoms with Gasteiger partial charge >= 0.3 is 0 Å². The lowest BCUT2D eigenvalue weighted by Gasteiger charge is -2.47. The number of piperidine rings is 1. The molecular formula is C12H14N2O. The summed E-state index contributed by atoms with van der Waals surface area (Å²) in [5.41, 5.74) is 2.24. The Kier molecular flexibility index (Phi) is 1.83. The number of hydrogen-bond acceptors (Lipinski definition) is 2. The number of nitrogens with one attached hydrogen (secondary N) is 1. The van der Waals surface area contributed by atoms with Crippen molar-refractivity contribution in [2.24, 2.45) is 0 Å². The van der Waals surface area contributed by atoms with E-state index in [1.165, 1.54) is 5.56 Å². The van der Waals surface area contributed by atoms with Crippen LogP contribution in [0.5, 0.6) is 0 Å². The average Bonchev–Trinajstić information content (AvgIpc) is 2.17. The third-order valence-corrected chi connectivity index (χ3v) is 3.33. The van der Waals surface area contributed by atoms with Crippen molar-refractivity contribution in [3.8, 4) is 0 Å². The number of benzene rings is 1. The molecular weight excluding hydrogens is 188 g/mol. The second kappa shape index (κ2) is 3.07. The van der Waals surface area contributed by atoms with Gasteiger partial charge in [-0.05, 0) is 25.0 Å². The number of rotatable bonds is 1. The van der Waals surface area contributed by atoms with Crippen LogP contribution in [0.1, 0.15) is 12.0 Å². The van der Waals surface area contributed by atoms with Gasteiger partial charge in [0.1, 0.15) is 0 Å². The van der Waals surface area contributed by atoms with Gasteiger partial charge < -0.3 is 10.2 Å². The van der Waals surface area contributed by atoms with Crippen molar-refractivity contribution < 1.29 is 4.79 Å². The predicted molar refractivity (Wildman–Crippen MR) is 58.9 cm³/mol. The van der Waals surface area contributed by atoms with Crippen molar-refractivity contribution in [2.75, 3.05) is 11.4 Å². The highest BCUT2D eigenvalue weighted by Crippen LogP contribution is 2.28. The minimum absolute atomic E-state index is 0.0726. The molecule has 3 nitrogen and oxygen atoms in total. The number of fused-ring (bicyclic) bond motifs is 2. The first-order valence-corrected chi connectivity index (χ1v) is 5.39. The van der Waals surface area contributed by atoms with E-state index in [4.69, 9.17) is 0 Å². The third kappa shape index (κ3) is 1.27. The molecule has 1 N–H and O–H groups in total. The van der Waals surface area contributed by atoms with Crippen LogP contribution < -0.4 is 10.2 Å². The Hall–Kier alpha value is -1.35. The molecule has 0 radical (unpaired) electrons. The third-order valence-electron chi connectivity index (χ3n) is 3.33. The Labute approximate surface area is 89.1 Å². The number of aryl methyl sites for hydroxylation is 1. The Morgan fingerprint density at radius 2 is 2.13 bits per heavy atom. The van der Waals surface area contributed by atoms with E-state index in [2.05, 4.69) is 18.3 Å². The second-order valence-corrected chi connectivity index (χ2v) is 4.39. The van der Waals surface area contributed by atoms with E-state index < -0.39 is 0 Å². The number of carbonyl (C=O) groups excluding carboxylic acids is 1. The zero-order valence-electron chi connectivity index (χ0n) is 8.73. The zero-order chi connectivity index (χ0) is 10.4. The fraction of sp³-hybridized carbons (Fsp3) is 0.417. The summed E-state index contributed by atoms with van der Waals surface area (Å²) in [5.74, 6) is 0.229. The van der Waals surface area contributed by atoms with Crippen LogP contribution in [0.4, 0.5) is 5.69 Å². The second-order valence-electron chi connectivity index (χ2n) is 4.39. The normalized spacial score (nSPS) is 28.9. The number of anilines is 1. The van der Waals surface area contributed by atoms with Crippen LogP contribution >= 0.6 is 0 Å². The van der Waals surface area contributed by atoms with E-state index in [0.717, 1.165) is 18.7 Å². The van der Waals surface area contributed by atoms with Crippen LogP contribution in [0.3, 0.4) is 0 Å². The van der Waals surface area contributed by atoms with E-state index >= 15 is 0 Å². The van der Waals surface area contributed by atoms with Crippen molar-refractivity contribution in [1.82, 2.24) is 5.32 Å². The first kappa shape index (κ1) is 8.92. The van der Waals surface area contributed by atoms with Crippen LogP contribution in [-0.4, -0.2) is 24.5 Å². The molecule has 4 rings (SSSR count). The van der Waals surface area contributed by atoms with E-state index in [0.29, 0.717) is 6.04 Å². The Morgan fingerprint density at radius 3 is 2.80 bits per heavy atom. The molecule has 3 saturated heterocycles. The molecule has 3 fully saturated rings. The molecule has 1 aromatic rings. The smallest absolute Gasteiger partial charge is 0.244 e. The standard InChI is InChI=1S/C12H14N2O/c1-8-4-2-3-5-11(8)14-7-9-6-10(13-9)12(14)15/h2-5,9-10,13H,6-7H2,1H3. The Balaban J connectivity index is 1.94. The first-order valence-electron chi connectivity index (χ1n) is 5.39. The maximum Gasteiger partial charge on any atom is 0.244 e. The molecule has 2 bridgehead atoms. The number of piperazine rings is 1. The highest BCUT2D eigenvalue weighted by molar-refractivity contribution is 6.00. The summed E-state index contributed by atoms with van der Waals surface area (Å²) in [4.78, 5) is 13.9. The van der Waals surface area contributed by atoms with E-state index in [1.54, 1.807) is 0 Å². The number of carbonyl (C=O) groups is 1. The minimum atomic E-state index is 0.0726. The summed E-state index contributed by atoms with van der Waals surface area (Å²) in [6.45, 7) is 2.87. The Bertz CT molecular complexity index is 410. The van der Waals surface area contributed by atoms with Crippen molar-refractivity contribution >= 4 is 11.6 Å². The molecule has 0 spiro atoms. The summed E-state index contributed by atoms with van der Waals surface area (Å²) < 4.78 is 0. The van der Waals surface area contributed by atoms with E-state index in [1.807, 2.05) is 23.1 Å². The highest BCUT2D eigenvalue weighted by Gasteiger charge is 2.43. The number of para-hydroxylation sites is 1. The van der Waals surface area contributed by atoms with Crippen LogP contribution in [0.25, 0.3) is 0 Å². The number of amides is 1. The van der Waals surface area contributed by atoms with Crippen LogP contribution in [0.2, 0.25) is 0 Å². The summed E-state index contributed by atoms with van der Waals surface area (Å²) >= 11 is 0. The summed E-state index contributed by atoms with van der Waals surface area (Å²) in [6, 6.07) is 8.65. The monoisotopic (exact) mass is 202 g/mol. The average molecular weight is 202 g/mol. The lowest BCUT2D eigenvalue weighted by atomic mass is 9.90. The molecule has 78 valence electrons. The lowest BCUT2D eigenvalue weighted by molar-refractivity contribution is -0.125. The summed E-state index contributed by atoms with van der Waals surface area (Å²) in [5, 5.41) is 3.26. The number of hydrogen-bond donors (Lipinski definition) is 1. The molecule has 0 aromatic heterocycles. The summed E-state index contributed by atoms with van der Waals surface area (Å²) in [7, 11) is 0. The van der Waals surface area contributed by atoms with Gasteiger partial charge in [-0.2, -0.15) is 0 Å². The summed E-state index contributed by atoms with van der Waals surface area (Å²) in [6.07, 6.45) is 1.02. The van der Waals surface area contributed by atoms with Crippen molar-refractivity contribution in [2.45, 2.75) is 25.4 Å². The minimum Gasteiger partial charge on any atom is -0.309 e. The molecule has 0 aliphatic carbocycles. The lowest BCUT2D eigenvalue weighted by Crippen LogP contribution is -2.70. The fourth-order valence-electron chi connectivity index (χ4n) is 2.43. The molecule has 1 aromatic carbocycles. The SMILES string of the molecule is Cc1ccccc1N1CC2CC(N2)C1=O. The van der Waals surface area contributed by atoms with Gasteiger partial charge in [0.15, 0.2) is 0 Å². The maximum atomic E-state index is 12.0. The molecule has 3 heteroatoms. The van der Waals surface area contributed by atoms with Gasteiger partial charge in [0.2, 0.25) is 5.91 Å².